The largest absolute Gasteiger partial charge is 0.487 e. The highest BCUT2D eigenvalue weighted by Crippen LogP contribution is 2.36. The first kappa shape index (κ1) is 21.6. The lowest BCUT2D eigenvalue weighted by Crippen LogP contribution is -2.52. The number of hydrogen-bond acceptors (Lipinski definition) is 4. The van der Waals surface area contributed by atoms with Crippen molar-refractivity contribution in [2.24, 2.45) is 0 Å². The molecule has 9 heteroatoms. The van der Waals surface area contributed by atoms with E-state index in [1.54, 1.807) is 24.3 Å². The predicted molar refractivity (Wildman–Crippen MR) is 119 cm³/mol. The molecule has 0 atom stereocenters. The first-order valence-corrected chi connectivity index (χ1v) is 10.4. The predicted octanol–water partition coefficient (Wildman–Crippen LogP) is 4.53. The normalized spacial score (nSPS) is 14.5. The Bertz CT molecular complexity index is 1010. The summed E-state index contributed by atoms with van der Waals surface area (Å²) < 4.78 is 20.3. The summed E-state index contributed by atoms with van der Waals surface area (Å²) in [5.41, 5.74) is 1.32. The summed E-state index contributed by atoms with van der Waals surface area (Å²) in [6.07, 6.45) is 1.51. The van der Waals surface area contributed by atoms with Gasteiger partial charge < -0.3 is 4.74 Å². The Labute approximate surface area is 189 Å². The highest BCUT2D eigenvalue weighted by atomic mass is 79.9. The van der Waals surface area contributed by atoms with E-state index in [4.69, 9.17) is 17.0 Å². The maximum atomic E-state index is 13.3. The van der Waals surface area contributed by atoms with Crippen molar-refractivity contribution in [1.29, 1.82) is 0 Å². The molecule has 1 saturated heterocycles. The van der Waals surface area contributed by atoms with Crippen LogP contribution in [-0.2, 0) is 16.2 Å². The summed E-state index contributed by atoms with van der Waals surface area (Å²) in [5.74, 6) is -0.732. The van der Waals surface area contributed by atoms with E-state index in [9.17, 15) is 14.0 Å². The van der Waals surface area contributed by atoms with Gasteiger partial charge in [0.15, 0.2) is 5.11 Å². The number of halogens is 3. The number of likely N-dealkylation sites (N-methyl/N-ethyl adjacent to an activating group) is 2. The topological polar surface area (TPSA) is 49.9 Å². The molecular weight excluding hydrogens is 527 g/mol. The molecule has 0 aliphatic carbocycles. The zero-order chi connectivity index (χ0) is 21.3. The molecule has 1 fully saturated rings. The smallest absolute Gasteiger partial charge is 0.265 e. The molecule has 0 unspecified atom stereocenters. The summed E-state index contributed by atoms with van der Waals surface area (Å²) >= 11 is 12.0. The van der Waals surface area contributed by atoms with E-state index in [0.717, 1.165) is 0 Å². The summed E-state index contributed by atoms with van der Waals surface area (Å²) in [7, 11) is 3.05. The second-order valence-corrected chi connectivity index (χ2v) is 8.38. The zero-order valence-corrected chi connectivity index (χ0v) is 19.4. The van der Waals surface area contributed by atoms with Crippen LogP contribution in [0.4, 0.5) is 4.39 Å². The van der Waals surface area contributed by atoms with Crippen molar-refractivity contribution in [3.05, 3.63) is 67.9 Å². The van der Waals surface area contributed by atoms with Crippen molar-refractivity contribution in [3.63, 3.8) is 0 Å². The highest BCUT2D eigenvalue weighted by Gasteiger charge is 2.35. The molecule has 1 heterocycles. The summed E-state index contributed by atoms with van der Waals surface area (Å²) in [5, 5.41) is 0.153. The summed E-state index contributed by atoms with van der Waals surface area (Å²) in [6, 6.07) is 9.61. The first-order valence-electron chi connectivity index (χ1n) is 8.37. The Morgan fingerprint density at radius 1 is 1.07 bits per heavy atom. The monoisotopic (exact) mass is 540 g/mol. The standard InChI is InChI=1S/C20H15Br2FN2O3S/c1-24-18(26)14(19(27)25(2)20(24)29)7-12-8-15(21)17(16(22)9-12)28-10-11-4-3-5-13(23)6-11/h3-9H,10H2,1-2H3. The summed E-state index contributed by atoms with van der Waals surface area (Å²) in [4.78, 5) is 27.4. The lowest BCUT2D eigenvalue weighted by Gasteiger charge is -2.31. The first-order chi connectivity index (χ1) is 13.7. The zero-order valence-electron chi connectivity index (χ0n) is 15.4. The molecule has 0 bridgehead atoms. The Hall–Kier alpha value is -2.10. The van der Waals surface area contributed by atoms with Gasteiger partial charge in [-0.25, -0.2) is 4.39 Å². The Balaban J connectivity index is 1.87. The third-order valence-corrected chi connectivity index (χ3v) is 5.97. The van der Waals surface area contributed by atoms with E-state index in [1.807, 2.05) is 0 Å². The molecule has 1 aliphatic heterocycles. The SMILES string of the molecule is CN1C(=O)C(=Cc2cc(Br)c(OCc3cccc(F)c3)c(Br)c2)C(=O)N(C)C1=S. The van der Waals surface area contributed by atoms with Gasteiger partial charge in [-0.05, 0) is 85.5 Å². The van der Waals surface area contributed by atoms with Crippen LogP contribution in [0.15, 0.2) is 50.9 Å². The van der Waals surface area contributed by atoms with E-state index in [0.29, 0.717) is 25.8 Å². The molecule has 0 radical (unpaired) electrons. The quantitative estimate of drug-likeness (QED) is 0.324. The lowest BCUT2D eigenvalue weighted by molar-refractivity contribution is -0.132. The molecule has 2 aromatic rings. The number of ether oxygens (including phenoxy) is 1. The van der Waals surface area contributed by atoms with Crippen molar-refractivity contribution >= 4 is 67.1 Å². The van der Waals surface area contributed by atoms with Crippen molar-refractivity contribution in [2.45, 2.75) is 6.61 Å². The third-order valence-electron chi connectivity index (χ3n) is 4.25. The number of carbonyl (C=O) groups excluding carboxylic acids is 2. The average Bonchev–Trinajstić information content (AvgIpc) is 2.67. The van der Waals surface area contributed by atoms with Crippen LogP contribution in [0.3, 0.4) is 0 Å². The Morgan fingerprint density at radius 2 is 1.66 bits per heavy atom. The molecule has 2 aromatic carbocycles. The fraction of sp³-hybridized carbons (Fsp3) is 0.150. The van der Waals surface area contributed by atoms with Gasteiger partial charge in [0.1, 0.15) is 23.7 Å². The third kappa shape index (κ3) is 4.57. The van der Waals surface area contributed by atoms with Crippen LogP contribution >= 0.6 is 44.1 Å². The number of thiocarbonyl (C=S) groups is 1. The fourth-order valence-corrected chi connectivity index (χ4v) is 4.34. The van der Waals surface area contributed by atoms with Gasteiger partial charge in [0, 0.05) is 14.1 Å². The van der Waals surface area contributed by atoms with Crippen molar-refractivity contribution in [1.82, 2.24) is 9.80 Å². The van der Waals surface area contributed by atoms with E-state index in [1.165, 1.54) is 42.1 Å². The van der Waals surface area contributed by atoms with Crippen molar-refractivity contribution < 1.29 is 18.7 Å². The van der Waals surface area contributed by atoms with Crippen LogP contribution in [0.2, 0.25) is 0 Å². The van der Waals surface area contributed by atoms with Crippen LogP contribution in [0.1, 0.15) is 11.1 Å². The van der Waals surface area contributed by atoms with E-state index in [2.05, 4.69) is 31.9 Å². The molecule has 150 valence electrons. The van der Waals surface area contributed by atoms with Crippen LogP contribution in [0, 0.1) is 5.82 Å². The van der Waals surface area contributed by atoms with Crippen LogP contribution in [0.25, 0.3) is 6.08 Å². The molecule has 1 aliphatic rings. The van der Waals surface area contributed by atoms with E-state index >= 15 is 0 Å². The maximum absolute atomic E-state index is 13.3. The molecule has 0 saturated carbocycles. The minimum absolute atomic E-state index is 0.0100. The molecule has 0 aromatic heterocycles. The molecule has 0 spiro atoms. The molecule has 2 amide bonds. The number of carbonyl (C=O) groups is 2. The van der Waals surface area contributed by atoms with Gasteiger partial charge in [-0.1, -0.05) is 12.1 Å². The number of rotatable bonds is 4. The van der Waals surface area contributed by atoms with Gasteiger partial charge in [0.25, 0.3) is 11.8 Å². The van der Waals surface area contributed by atoms with Gasteiger partial charge in [0.2, 0.25) is 0 Å². The molecule has 3 rings (SSSR count). The van der Waals surface area contributed by atoms with E-state index in [-0.39, 0.29) is 23.1 Å². The second-order valence-electron chi connectivity index (χ2n) is 6.30. The molecule has 5 nitrogen and oxygen atoms in total. The summed E-state index contributed by atoms with van der Waals surface area (Å²) in [6.45, 7) is 0.180. The Morgan fingerprint density at radius 3 is 2.21 bits per heavy atom. The van der Waals surface area contributed by atoms with Gasteiger partial charge in [0.05, 0.1) is 8.95 Å². The number of amides is 2. The van der Waals surface area contributed by atoms with Crippen LogP contribution < -0.4 is 4.74 Å². The van der Waals surface area contributed by atoms with Crippen molar-refractivity contribution in [3.8, 4) is 5.75 Å². The molecular formula is C20H15Br2FN2O3S. The lowest BCUT2D eigenvalue weighted by atomic mass is 10.1. The van der Waals surface area contributed by atoms with Gasteiger partial charge in [-0.15, -0.1) is 0 Å². The number of benzene rings is 2. The van der Waals surface area contributed by atoms with Crippen molar-refractivity contribution in [2.75, 3.05) is 14.1 Å². The molecule has 0 N–H and O–H groups in total. The van der Waals surface area contributed by atoms with Gasteiger partial charge >= 0.3 is 0 Å². The van der Waals surface area contributed by atoms with Crippen LogP contribution in [0.5, 0.6) is 5.75 Å². The van der Waals surface area contributed by atoms with Gasteiger partial charge in [-0.3, -0.25) is 19.4 Å². The number of hydrogen-bond donors (Lipinski definition) is 0. The number of nitrogens with zero attached hydrogens (tertiary/aromatic N) is 2. The fourth-order valence-electron chi connectivity index (χ4n) is 2.72. The minimum Gasteiger partial charge on any atom is -0.487 e. The minimum atomic E-state index is -0.461. The highest BCUT2D eigenvalue weighted by molar-refractivity contribution is 9.11. The average molecular weight is 542 g/mol. The Kier molecular flexibility index (Phi) is 6.50. The van der Waals surface area contributed by atoms with Gasteiger partial charge in [-0.2, -0.15) is 0 Å². The molecule has 29 heavy (non-hydrogen) atoms. The second kappa shape index (κ2) is 8.73. The van der Waals surface area contributed by atoms with Crippen LogP contribution in [-0.4, -0.2) is 40.8 Å². The van der Waals surface area contributed by atoms with E-state index < -0.39 is 11.8 Å². The maximum Gasteiger partial charge on any atom is 0.265 e.